The monoisotopic (exact) mass is 518 g/mol. The van der Waals surface area contributed by atoms with Gasteiger partial charge in [-0.15, -0.1) is 0 Å². The van der Waals surface area contributed by atoms with Gasteiger partial charge in [0.25, 0.3) is 0 Å². The van der Waals surface area contributed by atoms with Crippen LogP contribution in [-0.2, 0) is 14.3 Å². The van der Waals surface area contributed by atoms with E-state index in [1.807, 2.05) is 6.08 Å². The fourth-order valence-electron chi connectivity index (χ4n) is 5.47. The van der Waals surface area contributed by atoms with Gasteiger partial charge in [0.05, 0.1) is 25.4 Å². The van der Waals surface area contributed by atoms with Crippen LogP contribution in [0, 0.1) is 5.41 Å². The molecular formula is C31H34O7. The molecule has 2 aliphatic rings. The Bertz CT molecular complexity index is 1350. The number of rotatable bonds is 9. The van der Waals surface area contributed by atoms with Crippen LogP contribution in [-0.4, -0.2) is 47.2 Å². The van der Waals surface area contributed by atoms with Crippen molar-refractivity contribution in [2.75, 3.05) is 14.2 Å². The van der Waals surface area contributed by atoms with E-state index in [4.69, 9.17) is 14.2 Å². The zero-order valence-electron chi connectivity index (χ0n) is 22.4. The first-order valence-corrected chi connectivity index (χ1v) is 12.6. The standard InChI is InChI=1S/C31H34O7/c1-29(2)14-6-15-30(3)31(29,38-30)16-13-24(33)22(17-21-9-12-26(35)28(19-21)37-5)23(32)10-7-20-8-11-25(34)27(18-20)36-4/h7-13,16-19,34-35H,6,14-15H2,1-5H3/b10-7+,16-13+,22-17-. The molecule has 2 atom stereocenters. The van der Waals surface area contributed by atoms with Crippen LogP contribution in [0.2, 0.25) is 0 Å². The van der Waals surface area contributed by atoms with E-state index in [9.17, 15) is 19.8 Å². The van der Waals surface area contributed by atoms with Crippen LogP contribution in [0.25, 0.3) is 12.2 Å². The Morgan fingerprint density at radius 2 is 1.45 bits per heavy atom. The first-order chi connectivity index (χ1) is 17.9. The molecule has 38 heavy (non-hydrogen) atoms. The lowest BCUT2D eigenvalue weighted by molar-refractivity contribution is -0.116. The van der Waals surface area contributed by atoms with Crippen molar-refractivity contribution in [1.29, 1.82) is 0 Å². The summed E-state index contributed by atoms with van der Waals surface area (Å²) in [5.41, 5.74) is 0.0690. The highest BCUT2D eigenvalue weighted by molar-refractivity contribution is 6.30. The predicted molar refractivity (Wildman–Crippen MR) is 145 cm³/mol. The summed E-state index contributed by atoms with van der Waals surface area (Å²) in [4.78, 5) is 26.8. The molecular weight excluding hydrogens is 484 g/mol. The number of ether oxygens (including phenoxy) is 3. The van der Waals surface area contributed by atoms with Crippen molar-refractivity contribution in [3.05, 3.63) is 71.3 Å². The average Bonchev–Trinajstić information content (AvgIpc) is 3.53. The van der Waals surface area contributed by atoms with Gasteiger partial charge in [-0.1, -0.05) is 32.1 Å². The molecule has 1 aliphatic heterocycles. The van der Waals surface area contributed by atoms with Crippen molar-refractivity contribution in [1.82, 2.24) is 0 Å². The van der Waals surface area contributed by atoms with Crippen molar-refractivity contribution in [2.45, 2.75) is 51.2 Å². The summed E-state index contributed by atoms with van der Waals surface area (Å²) in [6, 6.07) is 9.28. The summed E-state index contributed by atoms with van der Waals surface area (Å²) in [6.07, 6.45) is 10.6. The molecule has 1 aliphatic carbocycles. The van der Waals surface area contributed by atoms with E-state index < -0.39 is 17.2 Å². The maximum atomic E-state index is 13.5. The third kappa shape index (κ3) is 4.98. The fourth-order valence-corrected chi connectivity index (χ4v) is 5.47. The van der Waals surface area contributed by atoms with Crippen LogP contribution in [0.15, 0.2) is 60.2 Å². The molecule has 0 amide bonds. The van der Waals surface area contributed by atoms with E-state index in [-0.39, 0.29) is 39.6 Å². The summed E-state index contributed by atoms with van der Waals surface area (Å²) in [6.45, 7) is 6.36. The molecule has 1 saturated carbocycles. The zero-order valence-corrected chi connectivity index (χ0v) is 22.4. The molecule has 0 bridgehead atoms. The molecule has 2 aromatic carbocycles. The number of phenols is 2. The molecule has 2 aromatic rings. The van der Waals surface area contributed by atoms with Crippen LogP contribution in [0.3, 0.4) is 0 Å². The summed E-state index contributed by atoms with van der Waals surface area (Å²) in [5.74, 6) is -0.522. The molecule has 7 nitrogen and oxygen atoms in total. The van der Waals surface area contributed by atoms with E-state index in [0.29, 0.717) is 11.1 Å². The number of carbonyl (C=O) groups excluding carboxylic acids is 2. The number of phenolic OH excluding ortho intramolecular Hbond substituents is 2. The second-order valence-corrected chi connectivity index (χ2v) is 10.6. The highest BCUT2D eigenvalue weighted by atomic mass is 16.6. The predicted octanol–water partition coefficient (Wildman–Crippen LogP) is 5.64. The van der Waals surface area contributed by atoms with Crippen molar-refractivity contribution in [2.24, 2.45) is 5.41 Å². The molecule has 1 heterocycles. The number of fused-ring (bicyclic) bond motifs is 1. The molecule has 2 fully saturated rings. The van der Waals surface area contributed by atoms with E-state index in [0.717, 1.165) is 19.3 Å². The van der Waals surface area contributed by atoms with Gasteiger partial charge in [0.15, 0.2) is 34.6 Å². The normalized spacial score (nSPS) is 24.3. The maximum absolute atomic E-state index is 13.5. The van der Waals surface area contributed by atoms with Gasteiger partial charge in [-0.05, 0) is 85.9 Å². The van der Waals surface area contributed by atoms with Gasteiger partial charge in [0.2, 0.25) is 0 Å². The second-order valence-electron chi connectivity index (χ2n) is 10.6. The van der Waals surface area contributed by atoms with E-state index in [2.05, 4.69) is 20.8 Å². The third-order valence-electron chi connectivity index (χ3n) is 7.74. The average molecular weight is 519 g/mol. The Morgan fingerprint density at radius 3 is 2.05 bits per heavy atom. The number of ketones is 2. The van der Waals surface area contributed by atoms with E-state index >= 15 is 0 Å². The molecule has 0 radical (unpaired) electrons. The van der Waals surface area contributed by atoms with Crippen LogP contribution >= 0.6 is 0 Å². The Kier molecular flexibility index (Phi) is 7.26. The van der Waals surface area contributed by atoms with Gasteiger partial charge in [0.1, 0.15) is 5.60 Å². The number of aromatic hydroxyl groups is 2. The Hall–Kier alpha value is -3.84. The fraction of sp³-hybridized carbons (Fsp3) is 0.355. The summed E-state index contributed by atoms with van der Waals surface area (Å²) in [5, 5.41) is 19.8. The summed E-state index contributed by atoms with van der Waals surface area (Å²) >= 11 is 0. The minimum atomic E-state index is -0.553. The van der Waals surface area contributed by atoms with Gasteiger partial charge >= 0.3 is 0 Å². The lowest BCUT2D eigenvalue weighted by Crippen LogP contribution is -2.41. The first-order valence-electron chi connectivity index (χ1n) is 12.6. The quantitative estimate of drug-likeness (QED) is 0.191. The smallest absolute Gasteiger partial charge is 0.189 e. The SMILES string of the molecule is COc1cc(/C=C(/C(=O)/C=C/c2ccc(O)c(OC)c2)C(=O)/C=C/C23OC2(C)CCCC3(C)C)ccc1O. The molecule has 7 heteroatoms. The first kappa shape index (κ1) is 27.2. The minimum Gasteiger partial charge on any atom is -0.504 e. The highest BCUT2D eigenvalue weighted by Gasteiger charge is 2.73. The number of epoxide rings is 1. The van der Waals surface area contributed by atoms with Crippen LogP contribution in [0.4, 0.5) is 0 Å². The Labute approximate surface area is 223 Å². The van der Waals surface area contributed by atoms with E-state index in [1.54, 1.807) is 30.3 Å². The van der Waals surface area contributed by atoms with Crippen molar-refractivity contribution < 1.29 is 34.0 Å². The Balaban J connectivity index is 1.68. The number of allylic oxidation sites excluding steroid dienone is 3. The van der Waals surface area contributed by atoms with Gasteiger partial charge in [-0.25, -0.2) is 0 Å². The highest BCUT2D eigenvalue weighted by Crippen LogP contribution is 2.66. The van der Waals surface area contributed by atoms with Crippen LogP contribution < -0.4 is 9.47 Å². The lowest BCUT2D eigenvalue weighted by atomic mass is 9.64. The largest absolute Gasteiger partial charge is 0.504 e. The molecule has 200 valence electrons. The molecule has 4 rings (SSSR count). The maximum Gasteiger partial charge on any atom is 0.189 e. The second kappa shape index (κ2) is 10.1. The van der Waals surface area contributed by atoms with Crippen molar-refractivity contribution >= 4 is 23.7 Å². The number of hydrogen-bond acceptors (Lipinski definition) is 7. The van der Waals surface area contributed by atoms with Crippen LogP contribution in [0.1, 0.15) is 51.2 Å². The molecule has 0 spiro atoms. The minimum absolute atomic E-state index is 0.0162. The molecule has 0 aromatic heterocycles. The van der Waals surface area contributed by atoms with Gasteiger partial charge in [0, 0.05) is 5.41 Å². The summed E-state index contributed by atoms with van der Waals surface area (Å²) < 4.78 is 16.5. The number of methoxy groups -OCH3 is 2. The molecule has 2 unspecified atom stereocenters. The molecule has 2 N–H and O–H groups in total. The van der Waals surface area contributed by atoms with Crippen molar-refractivity contribution in [3.8, 4) is 23.0 Å². The number of carbonyl (C=O) groups is 2. The number of hydrogen-bond donors (Lipinski definition) is 2. The summed E-state index contributed by atoms with van der Waals surface area (Å²) in [7, 11) is 2.86. The van der Waals surface area contributed by atoms with Gasteiger partial charge in [-0.2, -0.15) is 0 Å². The number of benzene rings is 2. The van der Waals surface area contributed by atoms with Crippen molar-refractivity contribution in [3.63, 3.8) is 0 Å². The third-order valence-corrected chi connectivity index (χ3v) is 7.74. The Morgan fingerprint density at radius 1 is 0.868 bits per heavy atom. The van der Waals surface area contributed by atoms with Gasteiger partial charge in [-0.3, -0.25) is 9.59 Å². The zero-order chi connectivity index (χ0) is 27.7. The topological polar surface area (TPSA) is 106 Å². The lowest BCUT2D eigenvalue weighted by Gasteiger charge is -2.36. The van der Waals surface area contributed by atoms with Gasteiger partial charge < -0.3 is 24.4 Å². The molecule has 1 saturated heterocycles. The van der Waals surface area contributed by atoms with E-state index in [1.165, 1.54) is 44.6 Å². The van der Waals surface area contributed by atoms with Crippen LogP contribution in [0.5, 0.6) is 23.0 Å².